The Morgan fingerprint density at radius 1 is 1.02 bits per heavy atom. The maximum Gasteiger partial charge on any atom is 0.528 e. The van der Waals surface area contributed by atoms with Crippen LogP contribution < -0.4 is 5.32 Å². The van der Waals surface area contributed by atoms with Crippen LogP contribution >= 0.6 is 11.8 Å². The number of nitrogens with one attached hydrogen (secondary N) is 1. The molecule has 0 bridgehead atoms. The molecule has 3 aliphatic rings. The highest BCUT2D eigenvalue weighted by atomic mass is 32.2. The third kappa shape index (κ3) is 7.78. The van der Waals surface area contributed by atoms with Gasteiger partial charge in [-0.15, -0.1) is 10.2 Å². The van der Waals surface area contributed by atoms with E-state index in [1.807, 2.05) is 30.3 Å². The summed E-state index contributed by atoms with van der Waals surface area (Å²) in [5.74, 6) is -0.465. The summed E-state index contributed by atoms with van der Waals surface area (Å²) in [7, 11) is 0. The Balaban J connectivity index is 1.27. The van der Waals surface area contributed by atoms with E-state index in [-0.39, 0.29) is 42.5 Å². The van der Waals surface area contributed by atoms with Gasteiger partial charge in [-0.25, -0.2) is 14.3 Å². The van der Waals surface area contributed by atoms with Crippen LogP contribution in [0.3, 0.4) is 0 Å². The molecule has 2 aromatic rings. The van der Waals surface area contributed by atoms with Gasteiger partial charge in [-0.3, -0.25) is 14.5 Å². The van der Waals surface area contributed by atoms with Crippen LogP contribution in [0.2, 0.25) is 0 Å². The van der Waals surface area contributed by atoms with E-state index in [4.69, 9.17) is 19.0 Å². The lowest BCUT2D eigenvalue weighted by Gasteiger charge is -2.51. The van der Waals surface area contributed by atoms with Gasteiger partial charge in [-0.05, 0) is 70.4 Å². The topological polar surface area (TPSA) is 167 Å². The van der Waals surface area contributed by atoms with Crippen molar-refractivity contribution in [3.63, 3.8) is 0 Å². The van der Waals surface area contributed by atoms with E-state index in [1.165, 1.54) is 26.4 Å². The number of ether oxygens (including phenoxy) is 3. The molecule has 16 heteroatoms. The second-order valence-corrected chi connectivity index (χ2v) is 14.1. The summed E-state index contributed by atoms with van der Waals surface area (Å²) < 4.78 is 17.7. The van der Waals surface area contributed by atoms with Crippen molar-refractivity contribution >= 4 is 35.9 Å². The molecule has 2 fully saturated rings. The quantitative estimate of drug-likeness (QED) is 0.225. The van der Waals surface area contributed by atoms with Crippen LogP contribution in [0.15, 0.2) is 46.9 Å². The molecule has 248 valence electrons. The molecule has 1 aromatic heterocycles. The average molecular weight is 658 g/mol. The lowest BCUT2D eigenvalue weighted by molar-refractivity contribution is -0.223. The van der Waals surface area contributed by atoms with Gasteiger partial charge in [-0.1, -0.05) is 42.1 Å². The minimum absolute atomic E-state index is 0.0832. The molecule has 4 heterocycles. The largest absolute Gasteiger partial charge is 0.528 e. The van der Waals surface area contributed by atoms with E-state index >= 15 is 0 Å². The molecular weight excluding hydrogens is 618 g/mol. The zero-order chi connectivity index (χ0) is 33.2. The molecule has 3 atom stereocenters. The van der Waals surface area contributed by atoms with Crippen LogP contribution in [0.25, 0.3) is 0 Å². The average Bonchev–Trinajstić information content (AvgIpc) is 3.49. The molecule has 0 spiro atoms. The van der Waals surface area contributed by atoms with Gasteiger partial charge in [0.05, 0.1) is 6.04 Å². The van der Waals surface area contributed by atoms with E-state index in [0.717, 1.165) is 5.56 Å². The highest BCUT2D eigenvalue weighted by Crippen LogP contribution is 2.50. The first-order chi connectivity index (χ1) is 21.7. The summed E-state index contributed by atoms with van der Waals surface area (Å²) in [4.78, 5) is 58.1. The molecule has 2 saturated heterocycles. The summed E-state index contributed by atoms with van der Waals surface area (Å²) >= 11 is 1.25. The number of hydrogen-bond acceptors (Lipinski definition) is 13. The van der Waals surface area contributed by atoms with Gasteiger partial charge in [0.15, 0.2) is 0 Å². The molecule has 0 aliphatic carbocycles. The lowest BCUT2D eigenvalue weighted by atomic mass is 9.79. The Morgan fingerprint density at radius 2 is 1.72 bits per heavy atom. The number of rotatable bonds is 10. The maximum atomic E-state index is 13.4. The fourth-order valence-electron chi connectivity index (χ4n) is 5.52. The first-order valence-corrected chi connectivity index (χ1v) is 16.0. The number of thioether (sulfide) groups is 1. The summed E-state index contributed by atoms with van der Waals surface area (Å²) in [6, 6.07) is 8.64. The molecule has 2 amide bonds. The van der Waals surface area contributed by atoms with Crippen molar-refractivity contribution in [2.24, 2.45) is 5.92 Å². The standard InChI is InChI=1S/C30H39N7O8S/c1-29(2,3)43-27(40)42-25-20(19-13-15-36(23-22(19)37(25)24(23)39)45-28(41)44-30(4,5)6)17-46-26-32-33-34-35(26)16-21(38)31-14-12-18-10-8-7-9-11-18/h7-11,19,22-23H,12-17H2,1-6H3,(H,31,38)/t19?,22-,23+/m1/s1. The van der Waals surface area contributed by atoms with Gasteiger partial charge in [-0.2, -0.15) is 0 Å². The number of aromatic nitrogens is 4. The lowest BCUT2D eigenvalue weighted by Crippen LogP contribution is -2.72. The predicted molar refractivity (Wildman–Crippen MR) is 163 cm³/mol. The molecule has 5 rings (SSSR count). The monoisotopic (exact) mass is 657 g/mol. The second kappa shape index (κ2) is 13.3. The van der Waals surface area contributed by atoms with Crippen molar-refractivity contribution in [2.45, 2.75) is 89.4 Å². The van der Waals surface area contributed by atoms with Crippen LogP contribution in [-0.4, -0.2) is 96.4 Å². The van der Waals surface area contributed by atoms with Crippen LogP contribution in [-0.2, 0) is 41.6 Å². The van der Waals surface area contributed by atoms with Crippen molar-refractivity contribution in [3.8, 4) is 0 Å². The van der Waals surface area contributed by atoms with Crippen molar-refractivity contribution in [1.29, 1.82) is 0 Å². The number of hydrogen-bond donors (Lipinski definition) is 1. The molecule has 1 N–H and O–H groups in total. The van der Waals surface area contributed by atoms with Gasteiger partial charge < -0.3 is 24.4 Å². The highest BCUT2D eigenvalue weighted by molar-refractivity contribution is 7.99. The first kappa shape index (κ1) is 33.2. The summed E-state index contributed by atoms with van der Waals surface area (Å²) in [6.45, 7) is 10.9. The van der Waals surface area contributed by atoms with Gasteiger partial charge in [0.1, 0.15) is 23.8 Å². The number of β-lactam (4-membered cyclic amide) rings is 1. The van der Waals surface area contributed by atoms with Crippen LogP contribution in [0, 0.1) is 5.92 Å². The van der Waals surface area contributed by atoms with Gasteiger partial charge >= 0.3 is 12.3 Å². The van der Waals surface area contributed by atoms with Crippen LogP contribution in [0.4, 0.5) is 9.59 Å². The normalized spacial score (nSPS) is 21.0. The summed E-state index contributed by atoms with van der Waals surface area (Å²) in [5.41, 5.74) is 0.219. The van der Waals surface area contributed by atoms with Gasteiger partial charge in [0.25, 0.3) is 5.91 Å². The van der Waals surface area contributed by atoms with Gasteiger partial charge in [0.2, 0.25) is 16.9 Å². The SMILES string of the molecule is CC(C)(C)OC(=O)OC1=C(CSc2nnnn2CC(=O)NCCc2ccccc2)C2CCN(OC(=O)OC(C)(C)C)[C@@H]3C(=O)N1[C@H]23. The smallest absolute Gasteiger partial charge is 0.428 e. The Kier molecular flexibility index (Phi) is 9.58. The number of benzene rings is 1. The zero-order valence-electron chi connectivity index (χ0n) is 26.7. The molecule has 1 unspecified atom stereocenters. The van der Waals surface area contributed by atoms with Crippen molar-refractivity contribution in [3.05, 3.63) is 47.4 Å². The Morgan fingerprint density at radius 3 is 2.41 bits per heavy atom. The van der Waals surface area contributed by atoms with Crippen molar-refractivity contribution in [2.75, 3.05) is 18.8 Å². The zero-order valence-corrected chi connectivity index (χ0v) is 27.5. The summed E-state index contributed by atoms with van der Waals surface area (Å²) in [5, 5.41) is 16.4. The molecule has 1 aromatic carbocycles. The fourth-order valence-corrected chi connectivity index (χ4v) is 6.48. The Bertz CT molecular complexity index is 1500. The van der Waals surface area contributed by atoms with Crippen LogP contribution in [0.1, 0.15) is 53.5 Å². The summed E-state index contributed by atoms with van der Waals surface area (Å²) in [6.07, 6.45) is -0.657. The number of hydroxylamine groups is 2. The number of carbonyl (C=O) groups excluding carboxylic acids is 4. The number of piperidine rings is 1. The van der Waals surface area contributed by atoms with Crippen LogP contribution in [0.5, 0.6) is 0 Å². The Labute approximate surface area is 270 Å². The third-order valence-electron chi connectivity index (χ3n) is 7.31. The third-order valence-corrected chi connectivity index (χ3v) is 8.32. The van der Waals surface area contributed by atoms with E-state index in [0.29, 0.717) is 30.1 Å². The molecule has 0 saturated carbocycles. The molecule has 3 aliphatic heterocycles. The van der Waals surface area contributed by atoms with E-state index in [1.54, 1.807) is 41.5 Å². The maximum absolute atomic E-state index is 13.4. The minimum Gasteiger partial charge on any atom is -0.428 e. The molecule has 46 heavy (non-hydrogen) atoms. The van der Waals surface area contributed by atoms with E-state index in [2.05, 4.69) is 20.8 Å². The molecule has 15 nitrogen and oxygen atoms in total. The number of tetrazole rings is 1. The number of amides is 2. The van der Waals surface area contributed by atoms with E-state index < -0.39 is 35.6 Å². The van der Waals surface area contributed by atoms with Gasteiger partial charge in [0, 0.05) is 30.3 Å². The van der Waals surface area contributed by atoms with Crippen molar-refractivity contribution in [1.82, 2.24) is 35.5 Å². The number of nitrogens with zero attached hydrogens (tertiary/aromatic N) is 6. The molecule has 0 radical (unpaired) electrons. The van der Waals surface area contributed by atoms with Crippen molar-refractivity contribution < 1.29 is 38.2 Å². The molecular formula is C30H39N7O8S. The fraction of sp³-hybridized carbons (Fsp3) is 0.567. The highest BCUT2D eigenvalue weighted by Gasteiger charge is 2.64. The first-order valence-electron chi connectivity index (χ1n) is 15.0. The number of carbonyl (C=O) groups is 4. The Hall–Kier alpha value is -4.18. The second-order valence-electron chi connectivity index (χ2n) is 13.1. The van der Waals surface area contributed by atoms with E-state index in [9.17, 15) is 19.2 Å². The minimum atomic E-state index is -0.946. The predicted octanol–water partition coefficient (Wildman–Crippen LogP) is 3.07.